The molecule has 0 unspecified atom stereocenters. The topological polar surface area (TPSA) is 64.3 Å². The molecule has 2 N–H and O–H groups in total. The van der Waals surface area contributed by atoms with Crippen LogP contribution < -0.4 is 10.6 Å². The van der Waals surface area contributed by atoms with Gasteiger partial charge < -0.3 is 15.4 Å². The molecule has 5 heteroatoms. The Hall–Kier alpha value is -1.36. The largest absolute Gasteiger partial charge is 0.384 e. The molecular formula is C14H24N4O. The lowest BCUT2D eigenvalue weighted by molar-refractivity contribution is 0.128. The van der Waals surface area contributed by atoms with Crippen molar-refractivity contribution < 1.29 is 4.74 Å². The number of aromatic nitrogens is 2. The van der Waals surface area contributed by atoms with Crippen molar-refractivity contribution in [3.8, 4) is 0 Å². The smallest absolute Gasteiger partial charge is 0.158 e. The molecule has 1 aliphatic rings. The van der Waals surface area contributed by atoms with Crippen LogP contribution in [0.3, 0.4) is 0 Å². The van der Waals surface area contributed by atoms with E-state index in [0.29, 0.717) is 24.9 Å². The number of anilines is 2. The van der Waals surface area contributed by atoms with Gasteiger partial charge in [0.2, 0.25) is 0 Å². The Kier molecular flexibility index (Phi) is 4.96. The molecule has 1 saturated carbocycles. The van der Waals surface area contributed by atoms with Gasteiger partial charge in [-0.25, -0.2) is 9.97 Å². The highest BCUT2D eigenvalue weighted by Crippen LogP contribution is 2.26. The number of nitrogens with two attached hydrogens (primary N) is 1. The molecule has 0 saturated heterocycles. The Morgan fingerprint density at radius 1 is 1.37 bits per heavy atom. The highest BCUT2D eigenvalue weighted by atomic mass is 16.5. The third kappa shape index (κ3) is 4.06. The number of ether oxygens (including phenoxy) is 1. The van der Waals surface area contributed by atoms with E-state index in [-0.39, 0.29) is 0 Å². The molecule has 0 aliphatic heterocycles. The van der Waals surface area contributed by atoms with Gasteiger partial charge >= 0.3 is 0 Å². The quantitative estimate of drug-likeness (QED) is 0.853. The van der Waals surface area contributed by atoms with Gasteiger partial charge in [0.15, 0.2) is 5.82 Å². The zero-order valence-electron chi connectivity index (χ0n) is 11.9. The standard InChI is InChI=1S/C14H24N4O/c1-3-19-10-13-16-12(15)8-14(17-13)18(2)9-11-6-4-5-7-11/h8,11H,3-7,9-10H2,1-2H3,(H2,15,16,17). The van der Waals surface area contributed by atoms with E-state index >= 15 is 0 Å². The minimum atomic E-state index is 0.422. The summed E-state index contributed by atoms with van der Waals surface area (Å²) in [5.74, 6) is 2.86. The van der Waals surface area contributed by atoms with Crippen molar-refractivity contribution in [2.75, 3.05) is 30.8 Å². The maximum atomic E-state index is 5.84. The summed E-state index contributed by atoms with van der Waals surface area (Å²) in [5, 5.41) is 0. The van der Waals surface area contributed by atoms with Crippen molar-refractivity contribution in [2.24, 2.45) is 5.92 Å². The van der Waals surface area contributed by atoms with E-state index in [1.807, 2.05) is 13.0 Å². The zero-order valence-corrected chi connectivity index (χ0v) is 11.9. The molecular weight excluding hydrogens is 240 g/mol. The van der Waals surface area contributed by atoms with Gasteiger partial charge in [-0.3, -0.25) is 0 Å². The van der Waals surface area contributed by atoms with Crippen LogP contribution in [0.4, 0.5) is 11.6 Å². The second kappa shape index (κ2) is 6.70. The second-order valence-electron chi connectivity index (χ2n) is 5.24. The van der Waals surface area contributed by atoms with Crippen molar-refractivity contribution in [3.05, 3.63) is 11.9 Å². The Labute approximate surface area is 115 Å². The minimum absolute atomic E-state index is 0.422. The highest BCUT2D eigenvalue weighted by Gasteiger charge is 2.18. The van der Waals surface area contributed by atoms with E-state index in [2.05, 4.69) is 21.9 Å². The number of hydrogen-bond acceptors (Lipinski definition) is 5. The summed E-state index contributed by atoms with van der Waals surface area (Å²) in [7, 11) is 2.07. The molecule has 1 fully saturated rings. The lowest BCUT2D eigenvalue weighted by atomic mass is 10.1. The van der Waals surface area contributed by atoms with Crippen LogP contribution in [0.15, 0.2) is 6.07 Å². The van der Waals surface area contributed by atoms with Gasteiger partial charge in [0.1, 0.15) is 18.2 Å². The van der Waals surface area contributed by atoms with E-state index in [1.165, 1.54) is 25.7 Å². The summed E-state index contributed by atoms with van der Waals surface area (Å²) >= 11 is 0. The number of hydrogen-bond donors (Lipinski definition) is 1. The van der Waals surface area contributed by atoms with Crippen LogP contribution in [0.1, 0.15) is 38.4 Å². The van der Waals surface area contributed by atoms with Crippen LogP contribution in [0.2, 0.25) is 0 Å². The lowest BCUT2D eigenvalue weighted by Gasteiger charge is -2.22. The third-order valence-electron chi connectivity index (χ3n) is 3.61. The van der Waals surface area contributed by atoms with E-state index in [4.69, 9.17) is 10.5 Å². The first-order valence-electron chi connectivity index (χ1n) is 7.11. The molecule has 1 aliphatic carbocycles. The average Bonchev–Trinajstić information content (AvgIpc) is 2.88. The van der Waals surface area contributed by atoms with Crippen molar-refractivity contribution in [1.29, 1.82) is 0 Å². The third-order valence-corrected chi connectivity index (χ3v) is 3.61. The fraction of sp³-hybridized carbons (Fsp3) is 0.714. The number of nitrogens with zero attached hydrogens (tertiary/aromatic N) is 3. The number of nitrogen functional groups attached to an aromatic ring is 1. The van der Waals surface area contributed by atoms with Crippen molar-refractivity contribution in [3.63, 3.8) is 0 Å². The molecule has 0 atom stereocenters. The second-order valence-corrected chi connectivity index (χ2v) is 5.24. The Morgan fingerprint density at radius 3 is 2.79 bits per heavy atom. The molecule has 1 aromatic rings. The molecule has 0 amide bonds. The molecule has 106 valence electrons. The van der Waals surface area contributed by atoms with Crippen molar-refractivity contribution in [2.45, 2.75) is 39.2 Å². The molecule has 0 radical (unpaired) electrons. The van der Waals surface area contributed by atoms with Crippen molar-refractivity contribution in [1.82, 2.24) is 9.97 Å². The molecule has 1 aromatic heterocycles. The van der Waals surface area contributed by atoms with Crippen LogP contribution in [-0.4, -0.2) is 30.2 Å². The maximum absolute atomic E-state index is 5.84. The first-order chi connectivity index (χ1) is 9.19. The van der Waals surface area contributed by atoms with Crippen LogP contribution in [0.5, 0.6) is 0 Å². The monoisotopic (exact) mass is 264 g/mol. The zero-order chi connectivity index (χ0) is 13.7. The Morgan fingerprint density at radius 2 is 2.11 bits per heavy atom. The normalized spacial score (nSPS) is 15.9. The van der Waals surface area contributed by atoms with Crippen LogP contribution >= 0.6 is 0 Å². The first-order valence-corrected chi connectivity index (χ1v) is 7.11. The van der Waals surface area contributed by atoms with Crippen LogP contribution in [0, 0.1) is 5.92 Å². The minimum Gasteiger partial charge on any atom is -0.384 e. The number of rotatable bonds is 6. The molecule has 2 rings (SSSR count). The summed E-state index contributed by atoms with van der Waals surface area (Å²) in [6.45, 7) is 4.08. The van der Waals surface area contributed by atoms with Crippen LogP contribution in [0.25, 0.3) is 0 Å². The predicted octanol–water partition coefficient (Wildman–Crippen LogP) is 2.22. The van der Waals surface area contributed by atoms with Gasteiger partial charge in [-0.05, 0) is 25.7 Å². The summed E-state index contributed by atoms with van der Waals surface area (Å²) in [4.78, 5) is 10.9. The Balaban J connectivity index is 2.02. The van der Waals surface area contributed by atoms with Crippen LogP contribution in [-0.2, 0) is 11.3 Å². The predicted molar refractivity (Wildman–Crippen MR) is 77.0 cm³/mol. The van der Waals surface area contributed by atoms with Gasteiger partial charge in [-0.2, -0.15) is 0 Å². The van der Waals surface area contributed by atoms with Gasteiger partial charge in [0.25, 0.3) is 0 Å². The van der Waals surface area contributed by atoms with E-state index < -0.39 is 0 Å². The van der Waals surface area contributed by atoms with E-state index in [1.54, 1.807) is 0 Å². The van der Waals surface area contributed by atoms with Crippen molar-refractivity contribution >= 4 is 11.6 Å². The highest BCUT2D eigenvalue weighted by molar-refractivity contribution is 5.46. The fourth-order valence-corrected chi connectivity index (χ4v) is 2.63. The maximum Gasteiger partial charge on any atom is 0.158 e. The molecule has 0 aromatic carbocycles. The lowest BCUT2D eigenvalue weighted by Crippen LogP contribution is -2.25. The summed E-state index contributed by atoms with van der Waals surface area (Å²) in [6, 6.07) is 1.84. The molecule has 0 spiro atoms. The molecule has 1 heterocycles. The van der Waals surface area contributed by atoms with E-state index in [9.17, 15) is 0 Å². The SMILES string of the molecule is CCOCc1nc(N)cc(N(C)CC2CCCC2)n1. The van der Waals surface area contributed by atoms with Gasteiger partial charge in [-0.1, -0.05) is 12.8 Å². The first kappa shape index (κ1) is 14.1. The van der Waals surface area contributed by atoms with Gasteiger partial charge in [0.05, 0.1) is 0 Å². The fourth-order valence-electron chi connectivity index (χ4n) is 2.63. The van der Waals surface area contributed by atoms with Gasteiger partial charge in [-0.15, -0.1) is 0 Å². The van der Waals surface area contributed by atoms with Gasteiger partial charge in [0, 0.05) is 26.3 Å². The average molecular weight is 264 g/mol. The molecule has 0 bridgehead atoms. The molecule has 19 heavy (non-hydrogen) atoms. The summed E-state index contributed by atoms with van der Waals surface area (Å²) in [5.41, 5.74) is 5.84. The Bertz CT molecular complexity index is 404. The summed E-state index contributed by atoms with van der Waals surface area (Å²) in [6.07, 6.45) is 5.38. The molecule has 5 nitrogen and oxygen atoms in total. The van der Waals surface area contributed by atoms with E-state index in [0.717, 1.165) is 18.3 Å². The summed E-state index contributed by atoms with van der Waals surface area (Å²) < 4.78 is 5.34.